The van der Waals surface area contributed by atoms with Gasteiger partial charge in [-0.15, -0.1) is 0 Å². The third-order valence-electron chi connectivity index (χ3n) is 4.71. The lowest BCUT2D eigenvalue weighted by molar-refractivity contribution is -0.121. The summed E-state index contributed by atoms with van der Waals surface area (Å²) < 4.78 is 0. The maximum atomic E-state index is 11.9. The van der Waals surface area contributed by atoms with Crippen molar-refractivity contribution in [3.05, 3.63) is 0 Å². The Labute approximate surface area is 149 Å². The van der Waals surface area contributed by atoms with Crippen molar-refractivity contribution in [3.63, 3.8) is 0 Å². The SMILES string of the molecule is CCCCCCCCCCCC(=O)NCCN1CCN=C1CCC. The number of amides is 1. The van der Waals surface area contributed by atoms with Crippen molar-refractivity contribution in [2.75, 3.05) is 26.2 Å². The molecule has 0 spiro atoms. The zero-order chi connectivity index (χ0) is 17.5. The van der Waals surface area contributed by atoms with Crippen LogP contribution in [0.15, 0.2) is 4.99 Å². The van der Waals surface area contributed by atoms with Gasteiger partial charge in [0.2, 0.25) is 5.91 Å². The summed E-state index contributed by atoms with van der Waals surface area (Å²) >= 11 is 0. The van der Waals surface area contributed by atoms with Crippen LogP contribution in [0.3, 0.4) is 0 Å². The van der Waals surface area contributed by atoms with E-state index in [2.05, 4.69) is 29.1 Å². The average Bonchev–Trinajstić information content (AvgIpc) is 3.01. The second kappa shape index (κ2) is 14.3. The highest BCUT2D eigenvalue weighted by Crippen LogP contribution is 2.10. The van der Waals surface area contributed by atoms with Crippen LogP contribution >= 0.6 is 0 Å². The highest BCUT2D eigenvalue weighted by molar-refractivity contribution is 5.83. The van der Waals surface area contributed by atoms with Crippen LogP contribution in [0.25, 0.3) is 0 Å². The predicted octanol–water partition coefficient (Wildman–Crippen LogP) is 4.54. The Kier molecular flexibility index (Phi) is 12.5. The molecule has 0 aromatic rings. The highest BCUT2D eigenvalue weighted by Gasteiger charge is 2.15. The Morgan fingerprint density at radius 2 is 1.67 bits per heavy atom. The summed E-state index contributed by atoms with van der Waals surface area (Å²) in [5.74, 6) is 1.44. The molecule has 1 rings (SSSR count). The molecular weight excluding hydrogens is 298 g/mol. The summed E-state index contributed by atoms with van der Waals surface area (Å²) in [4.78, 5) is 18.7. The van der Waals surface area contributed by atoms with Gasteiger partial charge in [0.05, 0.1) is 12.4 Å². The standard InChI is InChI=1S/C20H39N3O/c1-3-5-6-7-8-9-10-11-12-14-20(24)22-16-18-23-17-15-21-19(23)13-4-2/h3-18H2,1-2H3,(H,22,24). The quantitative estimate of drug-likeness (QED) is 0.446. The Bertz CT molecular complexity index is 355. The molecule has 4 nitrogen and oxygen atoms in total. The number of hydrogen-bond donors (Lipinski definition) is 1. The van der Waals surface area contributed by atoms with E-state index in [9.17, 15) is 4.79 Å². The minimum atomic E-state index is 0.214. The van der Waals surface area contributed by atoms with E-state index in [1.54, 1.807) is 0 Å². The molecule has 0 bridgehead atoms. The first-order valence-electron chi connectivity index (χ1n) is 10.3. The lowest BCUT2D eigenvalue weighted by atomic mass is 10.1. The first-order chi connectivity index (χ1) is 11.8. The van der Waals surface area contributed by atoms with Gasteiger partial charge < -0.3 is 10.2 Å². The summed E-state index contributed by atoms with van der Waals surface area (Å²) in [7, 11) is 0. The van der Waals surface area contributed by atoms with Crippen molar-refractivity contribution in [2.24, 2.45) is 4.99 Å². The second-order valence-electron chi connectivity index (χ2n) is 6.96. The number of carbonyl (C=O) groups excluding carboxylic acids is 1. The first kappa shape index (κ1) is 21.0. The van der Waals surface area contributed by atoms with Gasteiger partial charge in [-0.05, 0) is 12.8 Å². The van der Waals surface area contributed by atoms with Gasteiger partial charge in [0.1, 0.15) is 0 Å². The molecular formula is C20H39N3O. The van der Waals surface area contributed by atoms with Crippen LogP contribution in [0.1, 0.15) is 90.9 Å². The maximum Gasteiger partial charge on any atom is 0.220 e. The lowest BCUT2D eigenvalue weighted by Gasteiger charge is -2.20. The van der Waals surface area contributed by atoms with Gasteiger partial charge >= 0.3 is 0 Å². The van der Waals surface area contributed by atoms with Crippen LogP contribution in [0.2, 0.25) is 0 Å². The summed E-state index contributed by atoms with van der Waals surface area (Å²) in [6, 6.07) is 0. The van der Waals surface area contributed by atoms with E-state index < -0.39 is 0 Å². The molecule has 1 amide bonds. The van der Waals surface area contributed by atoms with Crippen molar-refractivity contribution in [1.82, 2.24) is 10.2 Å². The monoisotopic (exact) mass is 337 g/mol. The number of rotatable bonds is 15. The molecule has 0 aromatic heterocycles. The Morgan fingerprint density at radius 3 is 2.33 bits per heavy atom. The Morgan fingerprint density at radius 1 is 1.00 bits per heavy atom. The number of hydrogen-bond acceptors (Lipinski definition) is 3. The smallest absolute Gasteiger partial charge is 0.220 e. The summed E-state index contributed by atoms with van der Waals surface area (Å²) in [5.41, 5.74) is 0. The van der Waals surface area contributed by atoms with E-state index in [1.165, 1.54) is 57.2 Å². The number of nitrogens with one attached hydrogen (secondary N) is 1. The average molecular weight is 338 g/mol. The topological polar surface area (TPSA) is 44.7 Å². The molecule has 0 fully saturated rings. The zero-order valence-electron chi connectivity index (χ0n) is 16.1. The fraction of sp³-hybridized carbons (Fsp3) is 0.900. The van der Waals surface area contributed by atoms with Crippen LogP contribution in [0, 0.1) is 0 Å². The molecule has 24 heavy (non-hydrogen) atoms. The molecule has 1 heterocycles. The Hall–Kier alpha value is -1.06. The molecule has 1 aliphatic rings. The fourth-order valence-corrected chi connectivity index (χ4v) is 3.25. The molecule has 0 unspecified atom stereocenters. The van der Waals surface area contributed by atoms with Crippen molar-refractivity contribution in [3.8, 4) is 0 Å². The largest absolute Gasteiger partial charge is 0.357 e. The van der Waals surface area contributed by atoms with E-state index in [-0.39, 0.29) is 5.91 Å². The number of unbranched alkanes of at least 4 members (excludes halogenated alkanes) is 8. The van der Waals surface area contributed by atoms with Crippen molar-refractivity contribution in [2.45, 2.75) is 90.9 Å². The number of aliphatic imine (C=N–C) groups is 1. The van der Waals surface area contributed by atoms with Gasteiger partial charge in [0, 0.05) is 32.5 Å². The minimum Gasteiger partial charge on any atom is -0.357 e. The van der Waals surface area contributed by atoms with Crippen LogP contribution in [-0.2, 0) is 4.79 Å². The van der Waals surface area contributed by atoms with E-state index >= 15 is 0 Å². The number of nitrogens with zero attached hydrogens (tertiary/aromatic N) is 2. The van der Waals surface area contributed by atoms with Gasteiger partial charge in [-0.2, -0.15) is 0 Å². The third kappa shape index (κ3) is 9.94. The van der Waals surface area contributed by atoms with Crippen LogP contribution in [0.5, 0.6) is 0 Å². The van der Waals surface area contributed by atoms with Crippen LogP contribution in [-0.4, -0.2) is 42.8 Å². The van der Waals surface area contributed by atoms with Crippen LogP contribution < -0.4 is 5.32 Å². The molecule has 1 aliphatic heterocycles. The third-order valence-corrected chi connectivity index (χ3v) is 4.71. The van der Waals surface area contributed by atoms with Crippen LogP contribution in [0.4, 0.5) is 0 Å². The zero-order valence-corrected chi connectivity index (χ0v) is 16.1. The fourth-order valence-electron chi connectivity index (χ4n) is 3.25. The van der Waals surface area contributed by atoms with Crippen molar-refractivity contribution >= 4 is 11.7 Å². The summed E-state index contributed by atoms with van der Waals surface area (Å²) in [5, 5.41) is 3.06. The normalized spacial score (nSPS) is 14.1. The molecule has 0 radical (unpaired) electrons. The number of carbonyl (C=O) groups is 1. The second-order valence-corrected chi connectivity index (χ2v) is 6.96. The minimum absolute atomic E-state index is 0.214. The highest BCUT2D eigenvalue weighted by atomic mass is 16.1. The molecule has 0 atom stereocenters. The summed E-state index contributed by atoms with van der Waals surface area (Å²) in [6.07, 6.45) is 14.6. The molecule has 0 aliphatic carbocycles. The van der Waals surface area contributed by atoms with Gasteiger partial charge in [0.15, 0.2) is 0 Å². The molecule has 1 N–H and O–H groups in total. The van der Waals surface area contributed by atoms with Crippen molar-refractivity contribution < 1.29 is 4.79 Å². The predicted molar refractivity (Wildman–Crippen MR) is 104 cm³/mol. The molecule has 4 heteroatoms. The van der Waals surface area contributed by atoms with E-state index in [0.717, 1.165) is 45.4 Å². The molecule has 0 saturated carbocycles. The molecule has 140 valence electrons. The van der Waals surface area contributed by atoms with E-state index in [1.807, 2.05) is 0 Å². The van der Waals surface area contributed by atoms with E-state index in [4.69, 9.17) is 0 Å². The Balaban J connectivity index is 1.91. The lowest BCUT2D eigenvalue weighted by Crippen LogP contribution is -2.36. The molecule has 0 saturated heterocycles. The van der Waals surface area contributed by atoms with Gasteiger partial charge in [-0.25, -0.2) is 0 Å². The number of amidine groups is 1. The molecule has 0 aromatic carbocycles. The van der Waals surface area contributed by atoms with Crippen molar-refractivity contribution in [1.29, 1.82) is 0 Å². The first-order valence-corrected chi connectivity index (χ1v) is 10.3. The van der Waals surface area contributed by atoms with E-state index in [0.29, 0.717) is 6.42 Å². The maximum absolute atomic E-state index is 11.9. The summed E-state index contributed by atoms with van der Waals surface area (Å²) in [6.45, 7) is 8.03. The van der Waals surface area contributed by atoms with Gasteiger partial charge in [-0.3, -0.25) is 9.79 Å². The van der Waals surface area contributed by atoms with Gasteiger partial charge in [0.25, 0.3) is 0 Å². The van der Waals surface area contributed by atoms with Gasteiger partial charge in [-0.1, -0.05) is 65.2 Å².